The van der Waals surface area contributed by atoms with Crippen LogP contribution in [0.4, 0.5) is 10.9 Å². The smallest absolute Gasteiger partial charge is 0.225 e. The van der Waals surface area contributed by atoms with Crippen LogP contribution >= 0.6 is 11.3 Å². The molecule has 30 heavy (non-hydrogen) atoms. The van der Waals surface area contributed by atoms with Crippen molar-refractivity contribution in [2.45, 2.75) is 77.6 Å². The minimum absolute atomic E-state index is 0.261. The van der Waals surface area contributed by atoms with Gasteiger partial charge in [-0.05, 0) is 39.0 Å². The van der Waals surface area contributed by atoms with E-state index >= 15 is 0 Å². The Morgan fingerprint density at radius 2 is 1.93 bits per heavy atom. The second kappa shape index (κ2) is 9.86. The number of hydrogen-bond donors (Lipinski definition) is 1. The molecular weight excluding hydrogens is 394 g/mol. The summed E-state index contributed by atoms with van der Waals surface area (Å²) >= 11 is 1.69. The Bertz CT molecular complexity index is 853. The van der Waals surface area contributed by atoms with Crippen molar-refractivity contribution in [1.82, 2.24) is 19.9 Å². The van der Waals surface area contributed by atoms with E-state index < -0.39 is 0 Å². The van der Waals surface area contributed by atoms with Crippen LogP contribution in [0.3, 0.4) is 0 Å². The molecule has 0 bridgehead atoms. The maximum atomic E-state index is 12.8. The lowest BCUT2D eigenvalue weighted by molar-refractivity contribution is -0.137. The van der Waals surface area contributed by atoms with E-state index in [-0.39, 0.29) is 5.92 Å². The highest BCUT2D eigenvalue weighted by atomic mass is 32.1. The molecule has 0 spiro atoms. The Kier molecular flexibility index (Phi) is 6.97. The van der Waals surface area contributed by atoms with Crippen LogP contribution in [0.2, 0.25) is 0 Å². The standard InChI is InChI=1S/C23H33N5OS/c1-3-7-19-15-24-23(30-19)27-20-14-16(2)25-21(26-20)17-10-12-28(13-11-17)22(29)18-8-5-4-6-9-18/h14-15,17-18H,3-13H2,1-2H3,(H,24,25,26,27). The van der Waals surface area contributed by atoms with Crippen LogP contribution in [-0.2, 0) is 11.2 Å². The molecule has 1 amide bonds. The Morgan fingerprint density at radius 3 is 2.67 bits per heavy atom. The number of hydrogen-bond acceptors (Lipinski definition) is 6. The third kappa shape index (κ3) is 5.17. The van der Waals surface area contributed by atoms with Gasteiger partial charge in [0.15, 0.2) is 5.13 Å². The van der Waals surface area contributed by atoms with Crippen molar-refractivity contribution in [3.63, 3.8) is 0 Å². The van der Waals surface area contributed by atoms with Gasteiger partial charge in [-0.15, -0.1) is 11.3 Å². The predicted molar refractivity (Wildman–Crippen MR) is 121 cm³/mol. The number of thiazole rings is 1. The van der Waals surface area contributed by atoms with Gasteiger partial charge in [0.05, 0.1) is 0 Å². The maximum absolute atomic E-state index is 12.8. The minimum atomic E-state index is 0.261. The number of carbonyl (C=O) groups excluding carboxylic acids is 1. The lowest BCUT2D eigenvalue weighted by Crippen LogP contribution is -2.42. The van der Waals surface area contributed by atoms with Gasteiger partial charge in [-0.2, -0.15) is 0 Å². The van der Waals surface area contributed by atoms with Crippen LogP contribution in [0.15, 0.2) is 12.3 Å². The fourth-order valence-electron chi connectivity index (χ4n) is 4.64. The first-order valence-corrected chi connectivity index (χ1v) is 12.3. The van der Waals surface area contributed by atoms with Crippen molar-refractivity contribution < 1.29 is 4.79 Å². The fraction of sp³-hybridized carbons (Fsp3) is 0.652. The van der Waals surface area contributed by atoms with E-state index in [2.05, 4.69) is 22.1 Å². The molecule has 0 atom stereocenters. The summed E-state index contributed by atoms with van der Waals surface area (Å²) in [5.74, 6) is 2.67. The van der Waals surface area contributed by atoms with Gasteiger partial charge in [0.25, 0.3) is 0 Å². The average molecular weight is 428 g/mol. The number of nitrogens with one attached hydrogen (secondary N) is 1. The molecule has 162 valence electrons. The number of rotatable bonds is 6. The van der Waals surface area contributed by atoms with Gasteiger partial charge in [0.1, 0.15) is 11.6 Å². The van der Waals surface area contributed by atoms with Gasteiger partial charge in [0, 0.05) is 47.8 Å². The first-order valence-electron chi connectivity index (χ1n) is 11.5. The van der Waals surface area contributed by atoms with E-state index in [1.54, 1.807) is 11.3 Å². The SMILES string of the molecule is CCCc1cnc(Nc2cc(C)nc(C3CCN(C(=O)C4CCCCC4)CC3)n2)s1. The molecule has 7 heteroatoms. The van der Waals surface area contributed by atoms with Crippen LogP contribution in [0.25, 0.3) is 0 Å². The van der Waals surface area contributed by atoms with Gasteiger partial charge >= 0.3 is 0 Å². The summed E-state index contributed by atoms with van der Waals surface area (Å²) in [5.41, 5.74) is 0.966. The number of aryl methyl sites for hydroxylation is 2. The number of piperidine rings is 1. The summed E-state index contributed by atoms with van der Waals surface area (Å²) in [4.78, 5) is 30.2. The van der Waals surface area contributed by atoms with Crippen molar-refractivity contribution in [3.8, 4) is 0 Å². The largest absolute Gasteiger partial charge is 0.342 e. The fourth-order valence-corrected chi connectivity index (χ4v) is 5.56. The first-order chi connectivity index (χ1) is 14.6. The molecule has 0 unspecified atom stereocenters. The average Bonchev–Trinajstić information content (AvgIpc) is 3.20. The Hall–Kier alpha value is -2.02. The quantitative estimate of drug-likeness (QED) is 0.684. The summed E-state index contributed by atoms with van der Waals surface area (Å²) in [6, 6.07) is 1.98. The summed E-state index contributed by atoms with van der Waals surface area (Å²) in [6.07, 6.45) is 11.9. The van der Waals surface area contributed by atoms with E-state index in [9.17, 15) is 4.79 Å². The molecule has 1 N–H and O–H groups in total. The number of nitrogens with zero attached hydrogens (tertiary/aromatic N) is 4. The van der Waals surface area contributed by atoms with Crippen LogP contribution in [-0.4, -0.2) is 38.8 Å². The van der Waals surface area contributed by atoms with Crippen LogP contribution in [0.5, 0.6) is 0 Å². The maximum Gasteiger partial charge on any atom is 0.225 e. The van der Waals surface area contributed by atoms with Gasteiger partial charge < -0.3 is 10.2 Å². The van der Waals surface area contributed by atoms with E-state index in [0.29, 0.717) is 11.8 Å². The van der Waals surface area contributed by atoms with E-state index in [1.807, 2.05) is 19.2 Å². The topological polar surface area (TPSA) is 71.0 Å². The van der Waals surface area contributed by atoms with Crippen molar-refractivity contribution in [3.05, 3.63) is 28.7 Å². The third-order valence-electron chi connectivity index (χ3n) is 6.28. The zero-order valence-corrected chi connectivity index (χ0v) is 19.0. The van der Waals surface area contributed by atoms with Gasteiger partial charge in [0.2, 0.25) is 5.91 Å². The second-order valence-electron chi connectivity index (χ2n) is 8.69. The third-order valence-corrected chi connectivity index (χ3v) is 7.26. The molecule has 1 aliphatic carbocycles. The van der Waals surface area contributed by atoms with Crippen molar-refractivity contribution in [1.29, 1.82) is 0 Å². The molecule has 3 heterocycles. The molecule has 1 saturated heterocycles. The summed E-state index contributed by atoms with van der Waals surface area (Å²) in [6.45, 7) is 5.85. The lowest BCUT2D eigenvalue weighted by atomic mass is 9.87. The molecule has 1 aliphatic heterocycles. The number of likely N-dealkylation sites (tertiary alicyclic amines) is 1. The van der Waals surface area contributed by atoms with Gasteiger partial charge in [-0.3, -0.25) is 4.79 Å². The number of aromatic nitrogens is 3. The monoisotopic (exact) mass is 427 g/mol. The second-order valence-corrected chi connectivity index (χ2v) is 9.81. The number of anilines is 2. The van der Waals surface area contributed by atoms with Gasteiger partial charge in [-0.25, -0.2) is 15.0 Å². The highest BCUT2D eigenvalue weighted by molar-refractivity contribution is 7.15. The first kappa shape index (κ1) is 21.2. The highest BCUT2D eigenvalue weighted by Crippen LogP contribution is 2.31. The molecule has 2 aliphatic rings. The molecular formula is C23H33N5OS. The Morgan fingerprint density at radius 1 is 1.17 bits per heavy atom. The van der Waals surface area contributed by atoms with Crippen LogP contribution < -0.4 is 5.32 Å². The van der Waals surface area contributed by atoms with E-state index in [0.717, 1.165) is 74.1 Å². The number of amides is 1. The van der Waals surface area contributed by atoms with Crippen molar-refractivity contribution in [2.24, 2.45) is 5.92 Å². The molecule has 0 aromatic carbocycles. The molecule has 0 radical (unpaired) electrons. The van der Waals surface area contributed by atoms with Gasteiger partial charge in [-0.1, -0.05) is 32.6 Å². The summed E-state index contributed by atoms with van der Waals surface area (Å²) in [7, 11) is 0. The zero-order chi connectivity index (χ0) is 20.9. The Labute approximate surface area is 183 Å². The molecule has 4 rings (SSSR count). The Balaban J connectivity index is 1.37. The van der Waals surface area contributed by atoms with E-state index in [4.69, 9.17) is 9.97 Å². The molecule has 1 saturated carbocycles. The molecule has 2 aromatic heterocycles. The normalized spacial score (nSPS) is 18.5. The minimum Gasteiger partial charge on any atom is -0.342 e. The predicted octanol–water partition coefficient (Wildman–Crippen LogP) is 5.22. The van der Waals surface area contributed by atoms with Crippen molar-refractivity contribution in [2.75, 3.05) is 18.4 Å². The van der Waals surface area contributed by atoms with Crippen LogP contribution in [0.1, 0.15) is 80.6 Å². The molecule has 6 nitrogen and oxygen atoms in total. The zero-order valence-electron chi connectivity index (χ0n) is 18.2. The van der Waals surface area contributed by atoms with E-state index in [1.165, 1.54) is 24.1 Å². The highest BCUT2D eigenvalue weighted by Gasteiger charge is 2.30. The molecule has 2 fully saturated rings. The molecule has 2 aromatic rings. The summed E-state index contributed by atoms with van der Waals surface area (Å²) in [5, 5.41) is 4.25. The van der Waals surface area contributed by atoms with Crippen LogP contribution in [0, 0.1) is 12.8 Å². The lowest BCUT2D eigenvalue weighted by Gasteiger charge is -2.34. The van der Waals surface area contributed by atoms with Crippen molar-refractivity contribution >= 4 is 28.2 Å². The summed E-state index contributed by atoms with van der Waals surface area (Å²) < 4.78 is 0. The number of carbonyl (C=O) groups is 1.